The lowest BCUT2D eigenvalue weighted by molar-refractivity contribution is -0.138. The van der Waals surface area contributed by atoms with Crippen molar-refractivity contribution < 1.29 is 19.4 Å². The molecular weight excluding hydrogens is 306 g/mol. The number of carbonyl (C=O) groups excluding carboxylic acids is 1. The van der Waals surface area contributed by atoms with Gasteiger partial charge in [-0.25, -0.2) is 0 Å². The smallest absolute Gasteiger partial charge is 0.303 e. The topological polar surface area (TPSA) is 66.8 Å². The molecule has 1 heterocycles. The Hall–Kier alpha value is -1.75. The fourth-order valence-electron chi connectivity index (χ4n) is 2.79. The second-order valence-electron chi connectivity index (χ2n) is 5.55. The third kappa shape index (κ3) is 4.37. The number of carboxylic acid groups (broad SMARTS) is 1. The molecule has 1 saturated heterocycles. The highest BCUT2D eigenvalue weighted by molar-refractivity contribution is 6.30. The van der Waals surface area contributed by atoms with Crippen LogP contribution in [0.5, 0.6) is 5.75 Å². The molecule has 1 amide bonds. The number of rotatable bonds is 5. The lowest BCUT2D eigenvalue weighted by atomic mass is 9.93. The van der Waals surface area contributed by atoms with Gasteiger partial charge in [-0.1, -0.05) is 11.6 Å². The summed E-state index contributed by atoms with van der Waals surface area (Å²) in [5.41, 5.74) is 0.771. The molecule has 0 bridgehead atoms. The van der Waals surface area contributed by atoms with Crippen molar-refractivity contribution in [1.29, 1.82) is 0 Å². The monoisotopic (exact) mass is 325 g/mol. The molecule has 1 aliphatic heterocycles. The predicted molar refractivity (Wildman–Crippen MR) is 83.3 cm³/mol. The zero-order valence-electron chi connectivity index (χ0n) is 12.5. The van der Waals surface area contributed by atoms with Gasteiger partial charge in [0.1, 0.15) is 5.75 Å². The highest BCUT2D eigenvalue weighted by Gasteiger charge is 2.24. The molecule has 0 unspecified atom stereocenters. The first kappa shape index (κ1) is 16.6. The van der Waals surface area contributed by atoms with Crippen molar-refractivity contribution in [3.8, 4) is 5.75 Å². The number of carbonyl (C=O) groups is 2. The summed E-state index contributed by atoms with van der Waals surface area (Å²) < 4.78 is 5.25. The second-order valence-corrected chi connectivity index (χ2v) is 5.99. The molecule has 6 heteroatoms. The molecule has 1 aromatic carbocycles. The fourth-order valence-corrected chi connectivity index (χ4v) is 2.99. The average molecular weight is 326 g/mol. The maximum absolute atomic E-state index is 12.4. The van der Waals surface area contributed by atoms with Crippen LogP contribution < -0.4 is 4.74 Å². The zero-order chi connectivity index (χ0) is 16.1. The largest absolute Gasteiger partial charge is 0.496 e. The van der Waals surface area contributed by atoms with Gasteiger partial charge in [0.25, 0.3) is 0 Å². The van der Waals surface area contributed by atoms with Crippen molar-refractivity contribution in [3.63, 3.8) is 0 Å². The van der Waals surface area contributed by atoms with E-state index < -0.39 is 5.97 Å². The van der Waals surface area contributed by atoms with Crippen LogP contribution in [-0.4, -0.2) is 42.1 Å². The molecule has 1 aromatic rings. The van der Waals surface area contributed by atoms with Gasteiger partial charge in [0.2, 0.25) is 5.91 Å². The number of hydrogen-bond donors (Lipinski definition) is 1. The molecule has 0 saturated carbocycles. The maximum atomic E-state index is 12.4. The van der Waals surface area contributed by atoms with Crippen LogP contribution in [0.3, 0.4) is 0 Å². The Balaban J connectivity index is 1.94. The van der Waals surface area contributed by atoms with Gasteiger partial charge in [-0.15, -0.1) is 0 Å². The Kier molecular flexibility index (Phi) is 5.66. The minimum Gasteiger partial charge on any atom is -0.496 e. The van der Waals surface area contributed by atoms with Crippen LogP contribution in [0.4, 0.5) is 0 Å². The van der Waals surface area contributed by atoms with E-state index in [2.05, 4.69) is 0 Å². The number of methoxy groups -OCH3 is 1. The standard InChI is InChI=1S/C16H20ClNO4/c1-22-14-3-2-13(17)9-12(14)10-15(19)18-6-4-11(5-7-18)8-16(20)21/h2-3,9,11H,4-8,10H2,1H3,(H,20,21). The van der Waals surface area contributed by atoms with E-state index in [0.717, 1.165) is 18.4 Å². The van der Waals surface area contributed by atoms with Gasteiger partial charge >= 0.3 is 5.97 Å². The minimum atomic E-state index is -0.770. The molecule has 0 atom stereocenters. The van der Waals surface area contributed by atoms with Crippen molar-refractivity contribution in [2.24, 2.45) is 5.92 Å². The fraction of sp³-hybridized carbons (Fsp3) is 0.500. The van der Waals surface area contributed by atoms with Crippen LogP contribution in [0, 0.1) is 5.92 Å². The summed E-state index contributed by atoms with van der Waals surface area (Å²) in [6.07, 6.45) is 1.91. The lowest BCUT2D eigenvalue weighted by Gasteiger charge is -2.31. The predicted octanol–water partition coefficient (Wildman–Crippen LogP) is 2.60. The van der Waals surface area contributed by atoms with Crippen LogP contribution in [0.1, 0.15) is 24.8 Å². The summed E-state index contributed by atoms with van der Waals surface area (Å²) >= 11 is 5.97. The second kappa shape index (κ2) is 7.49. The number of likely N-dealkylation sites (tertiary alicyclic amines) is 1. The molecule has 1 N–H and O–H groups in total. The van der Waals surface area contributed by atoms with Gasteiger partial charge in [-0.3, -0.25) is 9.59 Å². The third-order valence-corrected chi connectivity index (χ3v) is 4.25. The molecule has 5 nitrogen and oxygen atoms in total. The molecule has 0 radical (unpaired) electrons. The number of halogens is 1. The lowest BCUT2D eigenvalue weighted by Crippen LogP contribution is -2.39. The van der Waals surface area contributed by atoms with Crippen LogP contribution in [-0.2, 0) is 16.0 Å². The first-order valence-corrected chi connectivity index (χ1v) is 7.69. The van der Waals surface area contributed by atoms with E-state index in [9.17, 15) is 9.59 Å². The van der Waals surface area contributed by atoms with E-state index in [1.165, 1.54) is 0 Å². The van der Waals surface area contributed by atoms with E-state index in [-0.39, 0.29) is 24.7 Å². The van der Waals surface area contributed by atoms with E-state index >= 15 is 0 Å². The van der Waals surface area contributed by atoms with Crippen molar-refractivity contribution in [3.05, 3.63) is 28.8 Å². The molecule has 120 valence electrons. The van der Waals surface area contributed by atoms with Gasteiger partial charge in [-0.05, 0) is 37.0 Å². The highest BCUT2D eigenvalue weighted by atomic mass is 35.5. The average Bonchev–Trinajstić information content (AvgIpc) is 2.47. The van der Waals surface area contributed by atoms with Crippen LogP contribution >= 0.6 is 11.6 Å². The summed E-state index contributed by atoms with van der Waals surface area (Å²) in [7, 11) is 1.56. The van der Waals surface area contributed by atoms with Gasteiger partial charge in [0.05, 0.1) is 13.5 Å². The van der Waals surface area contributed by atoms with Crippen LogP contribution in [0.25, 0.3) is 0 Å². The molecule has 1 aliphatic rings. The van der Waals surface area contributed by atoms with Crippen molar-refractivity contribution >= 4 is 23.5 Å². The normalized spacial score (nSPS) is 15.6. The van der Waals surface area contributed by atoms with E-state index in [4.69, 9.17) is 21.4 Å². The van der Waals surface area contributed by atoms with Gasteiger partial charge < -0.3 is 14.7 Å². The first-order valence-electron chi connectivity index (χ1n) is 7.31. The molecule has 0 aliphatic carbocycles. The number of benzene rings is 1. The Labute approximate surface area is 134 Å². The number of hydrogen-bond acceptors (Lipinski definition) is 3. The maximum Gasteiger partial charge on any atom is 0.303 e. The quantitative estimate of drug-likeness (QED) is 0.903. The Morgan fingerprint density at radius 3 is 2.64 bits per heavy atom. The zero-order valence-corrected chi connectivity index (χ0v) is 13.3. The van der Waals surface area contributed by atoms with Gasteiger partial charge in [-0.2, -0.15) is 0 Å². The molecular formula is C16H20ClNO4. The number of amides is 1. The van der Waals surface area contributed by atoms with Crippen molar-refractivity contribution in [2.75, 3.05) is 20.2 Å². The summed E-state index contributed by atoms with van der Waals surface area (Å²) in [5, 5.41) is 9.39. The van der Waals surface area contributed by atoms with E-state index in [0.29, 0.717) is 23.9 Å². The number of aliphatic carboxylic acids is 1. The Bertz CT molecular complexity index is 553. The van der Waals surface area contributed by atoms with Gasteiger partial charge in [0, 0.05) is 30.1 Å². The molecule has 2 rings (SSSR count). The van der Waals surface area contributed by atoms with Gasteiger partial charge in [0.15, 0.2) is 0 Å². The van der Waals surface area contributed by atoms with Crippen molar-refractivity contribution in [1.82, 2.24) is 4.90 Å². The molecule has 0 aromatic heterocycles. The van der Waals surface area contributed by atoms with Crippen LogP contribution in [0.15, 0.2) is 18.2 Å². The summed E-state index contributed by atoms with van der Waals surface area (Å²) in [6, 6.07) is 5.23. The van der Waals surface area contributed by atoms with E-state index in [1.54, 1.807) is 30.2 Å². The molecule has 0 spiro atoms. The van der Waals surface area contributed by atoms with Crippen molar-refractivity contribution in [2.45, 2.75) is 25.7 Å². The number of nitrogens with zero attached hydrogens (tertiary/aromatic N) is 1. The number of piperidine rings is 1. The summed E-state index contributed by atoms with van der Waals surface area (Å²) in [6.45, 7) is 1.22. The van der Waals surface area contributed by atoms with E-state index in [1.807, 2.05) is 0 Å². The number of ether oxygens (including phenoxy) is 1. The molecule has 1 fully saturated rings. The summed E-state index contributed by atoms with van der Waals surface area (Å²) in [5.74, 6) is 0.0727. The molecule has 22 heavy (non-hydrogen) atoms. The highest BCUT2D eigenvalue weighted by Crippen LogP contribution is 2.25. The SMILES string of the molecule is COc1ccc(Cl)cc1CC(=O)N1CCC(CC(=O)O)CC1. The van der Waals surface area contributed by atoms with Crippen LogP contribution in [0.2, 0.25) is 5.02 Å². The first-order chi connectivity index (χ1) is 10.5. The Morgan fingerprint density at radius 2 is 2.05 bits per heavy atom. The minimum absolute atomic E-state index is 0.0225. The summed E-state index contributed by atoms with van der Waals surface area (Å²) in [4.78, 5) is 24.9. The Morgan fingerprint density at radius 1 is 1.36 bits per heavy atom. The third-order valence-electron chi connectivity index (χ3n) is 4.01. The number of carboxylic acids is 1.